The van der Waals surface area contributed by atoms with Gasteiger partial charge in [-0.15, -0.1) is 0 Å². The maximum atomic E-state index is 12.2. The van der Waals surface area contributed by atoms with Gasteiger partial charge in [-0.3, -0.25) is 9.59 Å². The minimum atomic E-state index is -0.201. The van der Waals surface area contributed by atoms with Crippen LogP contribution in [0.1, 0.15) is 46.0 Å². The lowest BCUT2D eigenvalue weighted by atomic mass is 10.1. The maximum Gasteiger partial charge on any atom is 0.243 e. The van der Waals surface area contributed by atoms with Gasteiger partial charge in [-0.25, -0.2) is 0 Å². The van der Waals surface area contributed by atoms with Gasteiger partial charge in [-0.1, -0.05) is 13.8 Å². The summed E-state index contributed by atoms with van der Waals surface area (Å²) in [5.41, 5.74) is 0.173. The molecule has 3 fully saturated rings. The van der Waals surface area contributed by atoms with Crippen LogP contribution in [0.2, 0.25) is 0 Å². The molecule has 18 heavy (non-hydrogen) atoms. The third kappa shape index (κ3) is 2.02. The smallest absolute Gasteiger partial charge is 0.243 e. The van der Waals surface area contributed by atoms with E-state index in [0.29, 0.717) is 12.3 Å². The minimum Gasteiger partial charge on any atom is -0.349 e. The van der Waals surface area contributed by atoms with Crippen molar-refractivity contribution < 1.29 is 9.59 Å². The molecule has 1 aliphatic heterocycles. The molecule has 2 saturated carbocycles. The van der Waals surface area contributed by atoms with Crippen molar-refractivity contribution in [3.05, 3.63) is 0 Å². The van der Waals surface area contributed by atoms with E-state index in [0.717, 1.165) is 38.1 Å². The van der Waals surface area contributed by atoms with E-state index < -0.39 is 0 Å². The number of nitrogens with one attached hydrogen (secondary N) is 1. The van der Waals surface area contributed by atoms with E-state index in [2.05, 4.69) is 5.32 Å². The molecular weight excluding hydrogens is 228 g/mol. The van der Waals surface area contributed by atoms with Crippen molar-refractivity contribution >= 4 is 11.8 Å². The fourth-order valence-corrected chi connectivity index (χ4v) is 3.04. The monoisotopic (exact) mass is 250 g/mol. The van der Waals surface area contributed by atoms with E-state index in [4.69, 9.17) is 0 Å². The van der Waals surface area contributed by atoms with E-state index in [1.165, 1.54) is 0 Å². The highest BCUT2D eigenvalue weighted by atomic mass is 16.2. The van der Waals surface area contributed by atoms with Crippen LogP contribution in [-0.4, -0.2) is 34.8 Å². The molecule has 1 N–H and O–H groups in total. The summed E-state index contributed by atoms with van der Waals surface area (Å²) in [6.45, 7) is 4.84. The zero-order chi connectivity index (χ0) is 12.9. The van der Waals surface area contributed by atoms with Crippen LogP contribution in [0.5, 0.6) is 0 Å². The van der Waals surface area contributed by atoms with Crippen molar-refractivity contribution in [2.45, 2.75) is 57.5 Å². The second-order valence-corrected chi connectivity index (χ2v) is 6.59. The number of hydrogen-bond acceptors (Lipinski definition) is 2. The Morgan fingerprint density at radius 3 is 2.61 bits per heavy atom. The van der Waals surface area contributed by atoms with E-state index in [-0.39, 0.29) is 23.4 Å². The number of fused-ring (bicyclic) bond motifs is 1. The van der Waals surface area contributed by atoms with Gasteiger partial charge in [0.25, 0.3) is 0 Å². The second-order valence-electron chi connectivity index (χ2n) is 6.59. The van der Waals surface area contributed by atoms with Crippen molar-refractivity contribution in [2.24, 2.45) is 11.8 Å². The number of nitrogens with zero attached hydrogens (tertiary/aromatic N) is 1. The lowest BCUT2D eigenvalue weighted by molar-refractivity contribution is -0.139. The van der Waals surface area contributed by atoms with Crippen LogP contribution in [-0.2, 0) is 9.59 Å². The predicted octanol–water partition coefficient (Wildman–Crippen LogP) is 1.30. The number of likely N-dealkylation sites (tertiary alicyclic amines) is 1. The number of rotatable bonds is 4. The topological polar surface area (TPSA) is 49.4 Å². The summed E-state index contributed by atoms with van der Waals surface area (Å²) in [4.78, 5) is 26.1. The molecule has 0 spiro atoms. The van der Waals surface area contributed by atoms with E-state index in [1.54, 1.807) is 4.90 Å². The molecule has 4 nitrogen and oxygen atoms in total. The summed E-state index contributed by atoms with van der Waals surface area (Å²) >= 11 is 0. The summed E-state index contributed by atoms with van der Waals surface area (Å²) in [5, 5.41) is 3.15. The Kier molecular flexibility index (Phi) is 2.65. The van der Waals surface area contributed by atoms with Crippen LogP contribution in [0, 0.1) is 11.8 Å². The zero-order valence-corrected chi connectivity index (χ0v) is 11.2. The second kappa shape index (κ2) is 3.97. The molecule has 0 aromatic carbocycles. The molecule has 100 valence electrons. The minimum absolute atomic E-state index is 0.0876. The van der Waals surface area contributed by atoms with E-state index in [9.17, 15) is 9.59 Å². The van der Waals surface area contributed by atoms with Crippen molar-refractivity contribution in [1.29, 1.82) is 0 Å². The first-order chi connectivity index (χ1) is 8.52. The van der Waals surface area contributed by atoms with Crippen LogP contribution in [0.3, 0.4) is 0 Å². The molecule has 3 rings (SSSR count). The third-order valence-electron chi connectivity index (χ3n) is 4.51. The van der Waals surface area contributed by atoms with Crippen LogP contribution < -0.4 is 5.32 Å². The third-order valence-corrected chi connectivity index (χ3v) is 4.51. The first-order valence-electron chi connectivity index (χ1n) is 7.13. The van der Waals surface area contributed by atoms with Crippen LogP contribution in [0.25, 0.3) is 0 Å². The maximum absolute atomic E-state index is 12.2. The zero-order valence-electron chi connectivity index (χ0n) is 11.2. The molecule has 1 heterocycles. The molecule has 1 saturated heterocycles. The molecule has 0 radical (unpaired) electrons. The molecule has 0 aromatic heterocycles. The van der Waals surface area contributed by atoms with Crippen molar-refractivity contribution in [3.63, 3.8) is 0 Å². The summed E-state index contributed by atoms with van der Waals surface area (Å²) < 4.78 is 0. The van der Waals surface area contributed by atoms with Gasteiger partial charge in [0.15, 0.2) is 0 Å². The molecule has 2 aliphatic carbocycles. The summed E-state index contributed by atoms with van der Waals surface area (Å²) in [6, 6.07) is -0.201. The van der Waals surface area contributed by atoms with Crippen molar-refractivity contribution in [3.8, 4) is 0 Å². The van der Waals surface area contributed by atoms with Gasteiger partial charge >= 0.3 is 0 Å². The van der Waals surface area contributed by atoms with Gasteiger partial charge in [0.05, 0.1) is 0 Å². The molecule has 0 aromatic rings. The Balaban J connectivity index is 1.59. The molecule has 3 aliphatic rings. The lowest BCUT2D eigenvalue weighted by Gasteiger charge is -2.25. The Labute approximate surface area is 108 Å². The number of amides is 2. The Bertz CT molecular complexity index is 385. The lowest BCUT2D eigenvalue weighted by Crippen LogP contribution is -2.48. The molecule has 1 unspecified atom stereocenters. The highest BCUT2D eigenvalue weighted by Crippen LogP contribution is 2.66. The normalized spacial score (nSPS) is 36.5. The molecular formula is C14H22N2O2. The first kappa shape index (κ1) is 12.0. The molecule has 1 atom stereocenters. The number of carbonyl (C=O) groups excluding carboxylic acids is 2. The van der Waals surface area contributed by atoms with Gasteiger partial charge in [-0.2, -0.15) is 0 Å². The van der Waals surface area contributed by atoms with Gasteiger partial charge in [0.1, 0.15) is 6.04 Å². The molecule has 2 amide bonds. The van der Waals surface area contributed by atoms with Crippen LogP contribution >= 0.6 is 0 Å². The van der Waals surface area contributed by atoms with Gasteiger partial charge in [0, 0.05) is 18.5 Å². The number of hydrogen-bond donors (Lipinski definition) is 1. The summed E-state index contributed by atoms with van der Waals surface area (Å²) in [6.07, 6.45) is 4.66. The van der Waals surface area contributed by atoms with Gasteiger partial charge in [-0.05, 0) is 37.5 Å². The van der Waals surface area contributed by atoms with Crippen LogP contribution in [0.15, 0.2) is 0 Å². The van der Waals surface area contributed by atoms with Crippen LogP contribution in [0.4, 0.5) is 0 Å². The standard InChI is InChI=1S/C14H22N2O2/c1-9(2)6-12(17)16-5-3-4-11(16)13(18)15-14-7-10(14)8-14/h9-11H,3-8H2,1-2H3,(H,15,18). The Morgan fingerprint density at radius 1 is 1.39 bits per heavy atom. The van der Waals surface area contributed by atoms with Gasteiger partial charge < -0.3 is 10.2 Å². The summed E-state index contributed by atoms with van der Waals surface area (Å²) in [7, 11) is 0. The highest BCUT2D eigenvalue weighted by Gasteiger charge is 2.70. The average molecular weight is 250 g/mol. The fraction of sp³-hybridized carbons (Fsp3) is 0.857. The summed E-state index contributed by atoms with van der Waals surface area (Å²) in [5.74, 6) is 1.34. The first-order valence-corrected chi connectivity index (χ1v) is 7.13. The predicted molar refractivity (Wildman–Crippen MR) is 67.8 cm³/mol. The largest absolute Gasteiger partial charge is 0.349 e. The number of carbonyl (C=O) groups is 2. The van der Waals surface area contributed by atoms with Crippen molar-refractivity contribution in [1.82, 2.24) is 10.2 Å². The average Bonchev–Trinajstić information content (AvgIpc) is 3.02. The van der Waals surface area contributed by atoms with E-state index in [1.807, 2.05) is 13.8 Å². The molecule has 0 bridgehead atoms. The Morgan fingerprint density at radius 2 is 2.06 bits per heavy atom. The quantitative estimate of drug-likeness (QED) is 0.817. The Hall–Kier alpha value is -1.06. The fourth-order valence-electron chi connectivity index (χ4n) is 3.04. The molecule has 4 heteroatoms. The highest BCUT2D eigenvalue weighted by molar-refractivity contribution is 5.89. The van der Waals surface area contributed by atoms with Gasteiger partial charge in [0.2, 0.25) is 11.8 Å². The van der Waals surface area contributed by atoms with Crippen molar-refractivity contribution in [2.75, 3.05) is 6.54 Å². The SMILES string of the molecule is CC(C)CC(=O)N1CCCC1C(=O)NC12CC1C2. The van der Waals surface area contributed by atoms with E-state index >= 15 is 0 Å².